The molecule has 0 atom stereocenters. The summed E-state index contributed by atoms with van der Waals surface area (Å²) in [5, 5.41) is 14.4. The fourth-order valence-corrected chi connectivity index (χ4v) is 5.53. The molecule has 0 aliphatic carbocycles. The van der Waals surface area contributed by atoms with Crippen LogP contribution in [0, 0.1) is 6.92 Å². The van der Waals surface area contributed by atoms with Crippen LogP contribution in [-0.4, -0.2) is 33.5 Å². The van der Waals surface area contributed by atoms with Crippen molar-refractivity contribution in [2.24, 2.45) is 0 Å². The number of carbonyl (C=O) groups is 3. The molecule has 44 heavy (non-hydrogen) atoms. The highest BCUT2D eigenvalue weighted by molar-refractivity contribution is 7.16. The highest BCUT2D eigenvalue weighted by atomic mass is 32.1. The molecule has 4 N–H and O–H groups in total. The number of nitrogens with zero attached hydrogens (tertiary/aromatic N) is 2. The molecule has 0 spiro atoms. The van der Waals surface area contributed by atoms with E-state index in [9.17, 15) is 14.4 Å². The van der Waals surface area contributed by atoms with E-state index in [4.69, 9.17) is 4.74 Å². The Bertz CT molecular complexity index is 1810. The van der Waals surface area contributed by atoms with Crippen LogP contribution in [0.3, 0.4) is 0 Å². The molecular formula is C32H30N6O4S2. The van der Waals surface area contributed by atoms with Gasteiger partial charge in [-0.3, -0.25) is 19.9 Å². The smallest absolute Gasteiger partial charge is 0.412 e. The molecule has 0 aliphatic heterocycles. The van der Waals surface area contributed by atoms with Crippen molar-refractivity contribution in [3.8, 4) is 11.3 Å². The van der Waals surface area contributed by atoms with E-state index >= 15 is 0 Å². The van der Waals surface area contributed by atoms with Crippen LogP contribution in [0.15, 0.2) is 84.5 Å². The Kier molecular flexibility index (Phi) is 9.02. The van der Waals surface area contributed by atoms with E-state index < -0.39 is 17.6 Å². The zero-order chi connectivity index (χ0) is 31.3. The van der Waals surface area contributed by atoms with Gasteiger partial charge in [0.15, 0.2) is 5.13 Å². The Morgan fingerprint density at radius 1 is 0.818 bits per heavy atom. The zero-order valence-electron chi connectivity index (χ0n) is 24.4. The molecule has 3 heterocycles. The molecule has 0 saturated carbocycles. The standard InChI is InChI=1S/C32H30N6O4S2/c1-19-11-12-21(16-24(19)36-30-37-25(18-43-30)20-8-7-15-33-17-20)34-28(39)26-13-14-27(44-26)29(40)35-22-9-5-6-10-23(22)38-31(41)42-32(2,3)4/h5-18H,1-4H3,(H,34,39)(H,35,40)(H,36,37)(H,38,41). The molecule has 0 fully saturated rings. The molecule has 10 nitrogen and oxygen atoms in total. The van der Waals surface area contributed by atoms with Gasteiger partial charge in [0.05, 0.1) is 26.8 Å². The fraction of sp³-hybridized carbons (Fsp3) is 0.156. The number of carbonyl (C=O) groups excluding carboxylic acids is 3. The summed E-state index contributed by atoms with van der Waals surface area (Å²) < 4.78 is 5.31. The van der Waals surface area contributed by atoms with Gasteiger partial charge in [0.25, 0.3) is 11.8 Å². The third-order valence-corrected chi connectivity index (χ3v) is 7.90. The monoisotopic (exact) mass is 626 g/mol. The lowest BCUT2D eigenvalue weighted by atomic mass is 10.2. The highest BCUT2D eigenvalue weighted by Crippen LogP contribution is 2.30. The number of ether oxygens (including phenoxy) is 1. The minimum absolute atomic E-state index is 0.335. The average Bonchev–Trinajstić information content (AvgIpc) is 3.66. The summed E-state index contributed by atoms with van der Waals surface area (Å²) in [4.78, 5) is 47.9. The molecule has 0 radical (unpaired) electrons. The maximum absolute atomic E-state index is 13.1. The number of amides is 3. The molecule has 3 amide bonds. The highest BCUT2D eigenvalue weighted by Gasteiger charge is 2.19. The second kappa shape index (κ2) is 13.1. The van der Waals surface area contributed by atoms with Crippen molar-refractivity contribution in [1.82, 2.24) is 9.97 Å². The topological polar surface area (TPSA) is 134 Å². The van der Waals surface area contributed by atoms with Gasteiger partial charge in [-0.05, 0) is 81.8 Å². The van der Waals surface area contributed by atoms with Gasteiger partial charge >= 0.3 is 6.09 Å². The Morgan fingerprint density at radius 3 is 2.20 bits per heavy atom. The van der Waals surface area contributed by atoms with Crippen molar-refractivity contribution < 1.29 is 19.1 Å². The van der Waals surface area contributed by atoms with Gasteiger partial charge < -0.3 is 20.7 Å². The van der Waals surface area contributed by atoms with E-state index in [1.807, 2.05) is 42.6 Å². The number of nitrogens with one attached hydrogen (secondary N) is 4. The number of benzene rings is 2. The number of thiophene rings is 1. The van der Waals surface area contributed by atoms with Crippen molar-refractivity contribution in [2.75, 3.05) is 21.3 Å². The van der Waals surface area contributed by atoms with E-state index in [0.717, 1.165) is 33.8 Å². The van der Waals surface area contributed by atoms with Gasteiger partial charge in [0, 0.05) is 34.7 Å². The summed E-state index contributed by atoms with van der Waals surface area (Å²) in [6.45, 7) is 7.26. The largest absolute Gasteiger partial charge is 0.444 e. The normalized spacial score (nSPS) is 11.0. The number of hydrogen-bond acceptors (Lipinski definition) is 9. The number of thiazole rings is 1. The van der Waals surface area contributed by atoms with E-state index in [2.05, 4.69) is 31.2 Å². The van der Waals surface area contributed by atoms with Gasteiger partial charge in [0.2, 0.25) is 0 Å². The molecule has 0 aliphatic rings. The lowest BCUT2D eigenvalue weighted by Crippen LogP contribution is -2.27. The summed E-state index contributed by atoms with van der Waals surface area (Å²) in [6, 6.07) is 19.4. The minimum atomic E-state index is -0.668. The molecular weight excluding hydrogens is 597 g/mol. The molecule has 0 bridgehead atoms. The van der Waals surface area contributed by atoms with E-state index in [0.29, 0.717) is 31.9 Å². The van der Waals surface area contributed by atoms with Crippen LogP contribution in [0.1, 0.15) is 45.7 Å². The van der Waals surface area contributed by atoms with Crippen molar-refractivity contribution in [2.45, 2.75) is 33.3 Å². The number of aryl methyl sites for hydroxylation is 1. The van der Waals surface area contributed by atoms with E-state index in [1.165, 1.54) is 11.3 Å². The van der Waals surface area contributed by atoms with Crippen LogP contribution in [-0.2, 0) is 4.74 Å². The Morgan fingerprint density at radius 2 is 1.52 bits per heavy atom. The molecule has 5 rings (SSSR count). The maximum Gasteiger partial charge on any atom is 0.412 e. The van der Waals surface area contributed by atoms with Gasteiger partial charge in [-0.1, -0.05) is 18.2 Å². The third-order valence-electron chi connectivity index (χ3n) is 6.06. The summed E-state index contributed by atoms with van der Waals surface area (Å²) >= 11 is 2.54. The Labute approximate surface area is 262 Å². The lowest BCUT2D eigenvalue weighted by Gasteiger charge is -2.20. The average molecular weight is 627 g/mol. The molecule has 224 valence electrons. The molecule has 2 aromatic carbocycles. The van der Waals surface area contributed by atoms with Crippen molar-refractivity contribution in [3.63, 3.8) is 0 Å². The number of para-hydroxylation sites is 2. The summed E-state index contributed by atoms with van der Waals surface area (Å²) in [5.74, 6) is -0.757. The predicted molar refractivity (Wildman–Crippen MR) is 176 cm³/mol. The van der Waals surface area contributed by atoms with Gasteiger partial charge in [-0.25, -0.2) is 9.78 Å². The van der Waals surface area contributed by atoms with Crippen molar-refractivity contribution in [3.05, 3.63) is 99.8 Å². The number of anilines is 5. The first-order chi connectivity index (χ1) is 21.0. The molecule has 0 saturated heterocycles. The first-order valence-electron chi connectivity index (χ1n) is 13.6. The lowest BCUT2D eigenvalue weighted by molar-refractivity contribution is 0.0635. The van der Waals surface area contributed by atoms with Crippen LogP contribution in [0.2, 0.25) is 0 Å². The predicted octanol–water partition coefficient (Wildman–Crippen LogP) is 8.17. The summed E-state index contributed by atoms with van der Waals surface area (Å²) in [5.41, 5.74) is 4.26. The Balaban J connectivity index is 1.22. The number of pyridine rings is 1. The second-order valence-corrected chi connectivity index (χ2v) is 12.6. The van der Waals surface area contributed by atoms with E-state index in [-0.39, 0.29) is 5.91 Å². The molecule has 0 unspecified atom stereocenters. The van der Waals surface area contributed by atoms with Crippen LogP contribution in [0.5, 0.6) is 0 Å². The SMILES string of the molecule is Cc1ccc(NC(=O)c2ccc(C(=O)Nc3ccccc3NC(=O)OC(C)(C)C)s2)cc1Nc1nc(-c2cccnc2)cs1. The minimum Gasteiger partial charge on any atom is -0.444 e. The number of aromatic nitrogens is 2. The van der Waals surface area contributed by atoms with Crippen LogP contribution in [0.25, 0.3) is 11.3 Å². The molecule has 5 aromatic rings. The van der Waals surface area contributed by atoms with Gasteiger partial charge in [-0.2, -0.15) is 0 Å². The van der Waals surface area contributed by atoms with Gasteiger partial charge in [0.1, 0.15) is 5.60 Å². The summed E-state index contributed by atoms with van der Waals surface area (Å²) in [6.07, 6.45) is 2.85. The maximum atomic E-state index is 13.1. The van der Waals surface area contributed by atoms with Gasteiger partial charge in [-0.15, -0.1) is 22.7 Å². The number of hydrogen-bond donors (Lipinski definition) is 4. The quantitative estimate of drug-likeness (QED) is 0.136. The van der Waals surface area contributed by atoms with Crippen LogP contribution in [0.4, 0.5) is 32.7 Å². The molecule has 3 aromatic heterocycles. The van der Waals surface area contributed by atoms with Crippen molar-refractivity contribution >= 4 is 68.5 Å². The van der Waals surface area contributed by atoms with Crippen LogP contribution >= 0.6 is 22.7 Å². The number of rotatable bonds is 8. The Hall–Kier alpha value is -5.07. The zero-order valence-corrected chi connectivity index (χ0v) is 26.1. The first kappa shape index (κ1) is 30.4. The second-order valence-electron chi connectivity index (χ2n) is 10.7. The molecule has 12 heteroatoms. The van der Waals surface area contributed by atoms with Crippen molar-refractivity contribution in [1.29, 1.82) is 0 Å². The summed E-state index contributed by atoms with van der Waals surface area (Å²) in [7, 11) is 0. The van der Waals surface area contributed by atoms with Crippen LogP contribution < -0.4 is 21.3 Å². The fourth-order valence-electron chi connectivity index (χ4n) is 4.00. The van der Waals surface area contributed by atoms with E-state index in [1.54, 1.807) is 69.6 Å². The first-order valence-corrected chi connectivity index (χ1v) is 15.3. The third kappa shape index (κ3) is 7.85.